The van der Waals surface area contributed by atoms with E-state index in [0.717, 1.165) is 47.4 Å². The molecular formula is C26H27N3O2. The van der Waals surface area contributed by atoms with E-state index in [4.69, 9.17) is 4.74 Å². The van der Waals surface area contributed by atoms with Gasteiger partial charge in [0.05, 0.1) is 0 Å². The van der Waals surface area contributed by atoms with Crippen molar-refractivity contribution in [1.29, 1.82) is 0 Å². The molecule has 31 heavy (non-hydrogen) atoms. The molecule has 0 spiro atoms. The van der Waals surface area contributed by atoms with E-state index < -0.39 is 0 Å². The van der Waals surface area contributed by atoms with Crippen LogP contribution in [-0.4, -0.2) is 24.0 Å². The van der Waals surface area contributed by atoms with Crippen molar-refractivity contribution in [2.75, 3.05) is 18.4 Å². The van der Waals surface area contributed by atoms with Crippen molar-refractivity contribution in [3.8, 4) is 5.75 Å². The standard InChI is InChI=1S/C26H27N3O2/c1-2-27-15-14-19-8-10-22(11-9-19)28-26(30)25-17-21-16-23(12-13-24(21)29-25)31-18-20-6-4-3-5-7-20/h3-13,16-17,27,29H,2,14-15,18H2,1H3,(H,28,30). The summed E-state index contributed by atoms with van der Waals surface area (Å²) >= 11 is 0. The Hall–Kier alpha value is -3.57. The van der Waals surface area contributed by atoms with Gasteiger partial charge in [0.15, 0.2) is 0 Å². The Balaban J connectivity index is 1.39. The maximum Gasteiger partial charge on any atom is 0.272 e. The van der Waals surface area contributed by atoms with E-state index in [-0.39, 0.29) is 5.91 Å². The molecule has 4 aromatic rings. The number of aromatic amines is 1. The molecule has 1 amide bonds. The SMILES string of the molecule is CCNCCc1ccc(NC(=O)c2cc3cc(OCc4ccccc4)ccc3[nH]2)cc1. The van der Waals surface area contributed by atoms with Crippen molar-refractivity contribution >= 4 is 22.5 Å². The first-order valence-corrected chi connectivity index (χ1v) is 10.6. The van der Waals surface area contributed by atoms with E-state index in [0.29, 0.717) is 12.3 Å². The molecular weight excluding hydrogens is 386 g/mol. The molecule has 0 radical (unpaired) electrons. The molecule has 3 N–H and O–H groups in total. The Labute approximate surface area is 182 Å². The molecule has 0 aliphatic heterocycles. The minimum Gasteiger partial charge on any atom is -0.489 e. The van der Waals surface area contributed by atoms with Crippen LogP contribution in [0.5, 0.6) is 5.75 Å². The van der Waals surface area contributed by atoms with Gasteiger partial charge < -0.3 is 20.4 Å². The molecule has 158 valence electrons. The van der Waals surface area contributed by atoms with Gasteiger partial charge in [0.1, 0.15) is 18.1 Å². The molecule has 0 aliphatic carbocycles. The van der Waals surface area contributed by atoms with E-state index in [9.17, 15) is 4.79 Å². The minimum atomic E-state index is -0.164. The van der Waals surface area contributed by atoms with E-state index in [1.807, 2.05) is 66.7 Å². The molecule has 0 aliphatic rings. The molecule has 0 fully saturated rings. The topological polar surface area (TPSA) is 66.2 Å². The van der Waals surface area contributed by atoms with E-state index >= 15 is 0 Å². The zero-order valence-corrected chi connectivity index (χ0v) is 17.7. The molecule has 0 unspecified atom stereocenters. The highest BCUT2D eigenvalue weighted by Gasteiger charge is 2.11. The number of ether oxygens (including phenoxy) is 1. The predicted molar refractivity (Wildman–Crippen MR) is 126 cm³/mol. The van der Waals surface area contributed by atoms with Crippen LogP contribution in [-0.2, 0) is 13.0 Å². The highest BCUT2D eigenvalue weighted by Crippen LogP contribution is 2.23. The second-order valence-electron chi connectivity index (χ2n) is 7.46. The average Bonchev–Trinajstić information content (AvgIpc) is 3.23. The number of carbonyl (C=O) groups is 1. The van der Waals surface area contributed by atoms with Gasteiger partial charge in [-0.15, -0.1) is 0 Å². The Morgan fingerprint density at radius 1 is 0.935 bits per heavy atom. The van der Waals surface area contributed by atoms with Crippen molar-refractivity contribution in [3.63, 3.8) is 0 Å². The van der Waals surface area contributed by atoms with Gasteiger partial charge in [0.2, 0.25) is 0 Å². The quantitative estimate of drug-likeness (QED) is 0.332. The molecule has 5 heteroatoms. The average molecular weight is 414 g/mol. The number of carbonyl (C=O) groups excluding carboxylic acids is 1. The number of H-pyrrole nitrogens is 1. The Kier molecular flexibility index (Phi) is 6.65. The Morgan fingerprint density at radius 3 is 2.52 bits per heavy atom. The molecule has 4 rings (SSSR count). The first-order valence-electron chi connectivity index (χ1n) is 10.6. The second-order valence-corrected chi connectivity index (χ2v) is 7.46. The lowest BCUT2D eigenvalue weighted by Gasteiger charge is -2.06. The summed E-state index contributed by atoms with van der Waals surface area (Å²) in [5, 5.41) is 7.21. The van der Waals surface area contributed by atoms with Crippen LogP contribution in [0.2, 0.25) is 0 Å². The molecule has 0 atom stereocenters. The van der Waals surface area contributed by atoms with Crippen molar-refractivity contribution < 1.29 is 9.53 Å². The second kappa shape index (κ2) is 9.96. The number of hydrogen-bond donors (Lipinski definition) is 3. The highest BCUT2D eigenvalue weighted by molar-refractivity contribution is 6.06. The summed E-state index contributed by atoms with van der Waals surface area (Å²) < 4.78 is 5.89. The molecule has 1 aromatic heterocycles. The predicted octanol–water partition coefficient (Wildman–Crippen LogP) is 5.15. The van der Waals surface area contributed by atoms with Gasteiger partial charge in [0, 0.05) is 16.6 Å². The number of amides is 1. The van der Waals surface area contributed by atoms with Crippen molar-refractivity contribution in [2.24, 2.45) is 0 Å². The number of hydrogen-bond acceptors (Lipinski definition) is 3. The number of anilines is 1. The lowest BCUT2D eigenvalue weighted by molar-refractivity contribution is 0.102. The maximum atomic E-state index is 12.7. The van der Waals surface area contributed by atoms with Gasteiger partial charge in [-0.25, -0.2) is 0 Å². The third-order valence-electron chi connectivity index (χ3n) is 5.14. The number of fused-ring (bicyclic) bond motifs is 1. The van der Waals surface area contributed by atoms with Crippen LogP contribution in [0.4, 0.5) is 5.69 Å². The van der Waals surface area contributed by atoms with E-state index in [1.54, 1.807) is 0 Å². The first-order chi connectivity index (χ1) is 15.2. The largest absolute Gasteiger partial charge is 0.489 e. The van der Waals surface area contributed by atoms with Crippen molar-refractivity contribution in [2.45, 2.75) is 20.0 Å². The summed E-state index contributed by atoms with van der Waals surface area (Å²) in [4.78, 5) is 15.9. The number of nitrogens with one attached hydrogen (secondary N) is 3. The van der Waals surface area contributed by atoms with E-state index in [2.05, 4.69) is 34.7 Å². The number of rotatable bonds is 9. The molecule has 3 aromatic carbocycles. The summed E-state index contributed by atoms with van der Waals surface area (Å²) in [6, 6.07) is 25.7. The van der Waals surface area contributed by atoms with Gasteiger partial charge in [-0.05, 0) is 67.0 Å². The zero-order chi connectivity index (χ0) is 21.5. The zero-order valence-electron chi connectivity index (χ0n) is 17.7. The minimum absolute atomic E-state index is 0.164. The lowest BCUT2D eigenvalue weighted by Crippen LogP contribution is -2.16. The van der Waals surface area contributed by atoms with Crippen LogP contribution in [0.1, 0.15) is 28.5 Å². The summed E-state index contributed by atoms with van der Waals surface area (Å²) in [5.74, 6) is 0.610. The number of benzene rings is 3. The summed E-state index contributed by atoms with van der Waals surface area (Å²) in [7, 11) is 0. The third-order valence-corrected chi connectivity index (χ3v) is 5.14. The van der Waals surface area contributed by atoms with Gasteiger partial charge >= 0.3 is 0 Å². The molecule has 0 saturated carbocycles. The van der Waals surface area contributed by atoms with Gasteiger partial charge in [-0.1, -0.05) is 49.4 Å². The Morgan fingerprint density at radius 2 is 1.74 bits per heavy atom. The fraction of sp³-hybridized carbons (Fsp3) is 0.192. The van der Waals surface area contributed by atoms with Gasteiger partial charge in [-0.2, -0.15) is 0 Å². The fourth-order valence-corrected chi connectivity index (χ4v) is 3.43. The number of likely N-dealkylation sites (N-methyl/N-ethyl adjacent to an activating group) is 1. The lowest BCUT2D eigenvalue weighted by atomic mass is 10.1. The molecule has 1 heterocycles. The summed E-state index contributed by atoms with van der Waals surface area (Å²) in [6.45, 7) is 4.53. The molecule has 0 saturated heterocycles. The van der Waals surface area contributed by atoms with Crippen LogP contribution < -0.4 is 15.4 Å². The monoisotopic (exact) mass is 413 g/mol. The number of aromatic nitrogens is 1. The third kappa shape index (κ3) is 5.53. The fourth-order valence-electron chi connectivity index (χ4n) is 3.43. The van der Waals surface area contributed by atoms with Crippen molar-refractivity contribution in [1.82, 2.24) is 10.3 Å². The van der Waals surface area contributed by atoms with Crippen molar-refractivity contribution in [3.05, 3.63) is 95.7 Å². The van der Waals surface area contributed by atoms with Crippen LogP contribution in [0.15, 0.2) is 78.9 Å². The van der Waals surface area contributed by atoms with Crippen LogP contribution in [0.25, 0.3) is 10.9 Å². The molecule has 0 bridgehead atoms. The van der Waals surface area contributed by atoms with E-state index in [1.165, 1.54) is 5.56 Å². The van der Waals surface area contributed by atoms with Gasteiger partial charge in [-0.3, -0.25) is 4.79 Å². The van der Waals surface area contributed by atoms with Crippen LogP contribution in [0, 0.1) is 0 Å². The highest BCUT2D eigenvalue weighted by atomic mass is 16.5. The first kappa shape index (κ1) is 20.7. The summed E-state index contributed by atoms with van der Waals surface area (Å²) in [6.07, 6.45) is 0.971. The summed E-state index contributed by atoms with van der Waals surface area (Å²) in [5.41, 5.74) is 4.56. The van der Waals surface area contributed by atoms with Crippen LogP contribution in [0.3, 0.4) is 0 Å². The van der Waals surface area contributed by atoms with Gasteiger partial charge in [0.25, 0.3) is 5.91 Å². The smallest absolute Gasteiger partial charge is 0.272 e. The Bertz CT molecular complexity index is 1130. The van der Waals surface area contributed by atoms with Crippen LogP contribution >= 0.6 is 0 Å². The maximum absolute atomic E-state index is 12.7. The normalized spacial score (nSPS) is 10.9. The molecule has 5 nitrogen and oxygen atoms in total.